The predicted molar refractivity (Wildman–Crippen MR) is 65.0 cm³/mol. The van der Waals surface area contributed by atoms with Gasteiger partial charge in [-0.1, -0.05) is 37.7 Å². The van der Waals surface area contributed by atoms with Crippen LogP contribution >= 0.6 is 0 Å². The summed E-state index contributed by atoms with van der Waals surface area (Å²) in [7, 11) is 0. The Bertz CT molecular complexity index is 224. The van der Waals surface area contributed by atoms with Crippen molar-refractivity contribution < 1.29 is 4.79 Å². The molecule has 0 saturated carbocycles. The third kappa shape index (κ3) is 10.9. The number of carbonyl (C=O) groups is 1. The van der Waals surface area contributed by atoms with Crippen LogP contribution in [0.1, 0.15) is 51.9 Å². The van der Waals surface area contributed by atoms with Crippen molar-refractivity contribution >= 4 is 5.91 Å². The zero-order valence-corrected chi connectivity index (χ0v) is 10.1. The molecular weight excluding hydrogens is 204 g/mol. The lowest BCUT2D eigenvalue weighted by Gasteiger charge is -2.03. The van der Waals surface area contributed by atoms with Crippen LogP contribution in [0.2, 0.25) is 0 Å². The highest BCUT2D eigenvalue weighted by atomic mass is 16.1. The average molecular weight is 226 g/mol. The molecule has 0 saturated heterocycles. The molecule has 0 heterocycles. The van der Waals surface area contributed by atoms with E-state index in [0.29, 0.717) is 25.9 Å². The van der Waals surface area contributed by atoms with Gasteiger partial charge < -0.3 is 5.32 Å². The fraction of sp³-hybridized carbons (Fsp3) is 0.909. The van der Waals surface area contributed by atoms with Crippen LogP contribution in [0.3, 0.4) is 0 Å². The highest BCUT2D eigenvalue weighted by molar-refractivity contribution is 5.75. The van der Waals surface area contributed by atoms with Gasteiger partial charge in [-0.25, -0.2) is 0 Å². The maximum Gasteiger partial charge on any atom is 0.219 e. The normalized spacial score (nSPS) is 9.56. The molecule has 0 aromatic rings. The van der Waals surface area contributed by atoms with Crippen LogP contribution in [0.4, 0.5) is 0 Å². The highest BCUT2D eigenvalue weighted by Crippen LogP contribution is 2.04. The lowest BCUT2D eigenvalue weighted by atomic mass is 10.1. The van der Waals surface area contributed by atoms with Gasteiger partial charge >= 0.3 is 0 Å². The Balaban J connectivity index is 3.21. The summed E-state index contributed by atoms with van der Waals surface area (Å²) in [6, 6.07) is 0. The Morgan fingerprint density at radius 3 is 2.69 bits per heavy atom. The van der Waals surface area contributed by atoms with E-state index in [1.807, 2.05) is 0 Å². The van der Waals surface area contributed by atoms with Gasteiger partial charge in [0.15, 0.2) is 0 Å². The van der Waals surface area contributed by atoms with Crippen molar-refractivity contribution in [3.8, 4) is 0 Å². The van der Waals surface area contributed by atoms with Crippen LogP contribution in [0.5, 0.6) is 0 Å². The minimum Gasteiger partial charge on any atom is -0.356 e. The molecule has 0 unspecified atom stereocenters. The Hall–Kier alpha value is -1.22. The van der Waals surface area contributed by atoms with E-state index in [2.05, 4.69) is 22.3 Å². The zero-order chi connectivity index (χ0) is 12.1. The van der Waals surface area contributed by atoms with Gasteiger partial charge in [0.25, 0.3) is 0 Å². The summed E-state index contributed by atoms with van der Waals surface area (Å²) in [5.41, 5.74) is 8.03. The number of nitrogens with one attached hydrogen (secondary N) is 1. The summed E-state index contributed by atoms with van der Waals surface area (Å²) in [4.78, 5) is 13.9. The van der Waals surface area contributed by atoms with E-state index in [1.165, 1.54) is 19.3 Å². The Labute approximate surface area is 97.2 Å². The zero-order valence-electron chi connectivity index (χ0n) is 10.1. The van der Waals surface area contributed by atoms with E-state index in [0.717, 1.165) is 12.8 Å². The van der Waals surface area contributed by atoms with Gasteiger partial charge in [0.05, 0.1) is 0 Å². The molecule has 0 aliphatic carbocycles. The van der Waals surface area contributed by atoms with E-state index in [4.69, 9.17) is 5.53 Å². The third-order valence-corrected chi connectivity index (χ3v) is 2.33. The highest BCUT2D eigenvalue weighted by Gasteiger charge is 1.99. The van der Waals surface area contributed by atoms with E-state index < -0.39 is 0 Å². The number of nitrogens with zero attached hydrogens (tertiary/aromatic N) is 3. The number of amides is 1. The predicted octanol–water partition coefficient (Wildman–Crippen LogP) is 3.16. The molecule has 0 fully saturated rings. The second kappa shape index (κ2) is 11.9. The van der Waals surface area contributed by atoms with Crippen molar-refractivity contribution in [2.24, 2.45) is 5.11 Å². The molecule has 0 spiro atoms. The summed E-state index contributed by atoms with van der Waals surface area (Å²) in [6.07, 6.45) is 7.15. The van der Waals surface area contributed by atoms with Gasteiger partial charge in [-0.3, -0.25) is 4.79 Å². The van der Waals surface area contributed by atoms with Gasteiger partial charge in [-0.15, -0.1) is 0 Å². The quantitative estimate of drug-likeness (QED) is 0.264. The molecule has 5 heteroatoms. The first-order chi connectivity index (χ1) is 7.81. The molecular formula is C11H22N4O. The Morgan fingerprint density at radius 1 is 1.25 bits per heavy atom. The standard InChI is InChI=1S/C11H22N4O/c1-2-3-4-5-6-8-11(16)13-9-7-10-14-15-12/h2-10H2,1H3,(H,13,16). The first-order valence-corrected chi connectivity index (χ1v) is 6.08. The summed E-state index contributed by atoms with van der Waals surface area (Å²) in [6.45, 7) is 3.23. The minimum atomic E-state index is 0.109. The van der Waals surface area contributed by atoms with Crippen LogP contribution in [0, 0.1) is 0 Å². The molecule has 0 rings (SSSR count). The molecule has 0 radical (unpaired) electrons. The fourth-order valence-electron chi connectivity index (χ4n) is 1.40. The van der Waals surface area contributed by atoms with Crippen molar-refractivity contribution in [3.05, 3.63) is 10.4 Å². The van der Waals surface area contributed by atoms with Crippen LogP contribution in [-0.4, -0.2) is 19.0 Å². The van der Waals surface area contributed by atoms with Gasteiger partial charge in [-0.05, 0) is 18.4 Å². The van der Waals surface area contributed by atoms with E-state index >= 15 is 0 Å². The summed E-state index contributed by atoms with van der Waals surface area (Å²) in [5.74, 6) is 0.109. The van der Waals surface area contributed by atoms with Gasteiger partial charge in [0.1, 0.15) is 0 Å². The van der Waals surface area contributed by atoms with Gasteiger partial charge in [0.2, 0.25) is 5.91 Å². The Morgan fingerprint density at radius 2 is 2.00 bits per heavy atom. The maximum atomic E-state index is 11.3. The minimum absolute atomic E-state index is 0.109. The van der Waals surface area contributed by atoms with Crippen molar-refractivity contribution in [1.29, 1.82) is 0 Å². The topological polar surface area (TPSA) is 77.9 Å². The smallest absolute Gasteiger partial charge is 0.219 e. The molecule has 0 aliphatic rings. The molecule has 5 nitrogen and oxygen atoms in total. The molecule has 92 valence electrons. The molecule has 0 bridgehead atoms. The maximum absolute atomic E-state index is 11.3. The SMILES string of the molecule is CCCCCCCC(=O)NCCCN=[N+]=[N-]. The first kappa shape index (κ1) is 14.8. The number of carbonyl (C=O) groups excluding carboxylic acids is 1. The molecule has 1 amide bonds. The van der Waals surface area contributed by atoms with Crippen molar-refractivity contribution in [1.82, 2.24) is 5.32 Å². The van der Waals surface area contributed by atoms with Crippen molar-refractivity contribution in [2.75, 3.05) is 13.1 Å². The lowest BCUT2D eigenvalue weighted by molar-refractivity contribution is -0.121. The molecule has 16 heavy (non-hydrogen) atoms. The molecule has 0 atom stereocenters. The van der Waals surface area contributed by atoms with Crippen molar-refractivity contribution in [3.63, 3.8) is 0 Å². The number of unbranched alkanes of at least 4 members (excludes halogenated alkanes) is 4. The molecule has 0 aliphatic heterocycles. The number of hydrogen-bond acceptors (Lipinski definition) is 2. The molecule has 1 N–H and O–H groups in total. The van der Waals surface area contributed by atoms with Crippen LogP contribution in [0.15, 0.2) is 5.11 Å². The first-order valence-electron chi connectivity index (χ1n) is 6.08. The van der Waals surface area contributed by atoms with Gasteiger partial charge in [0, 0.05) is 24.4 Å². The van der Waals surface area contributed by atoms with Crippen LogP contribution < -0.4 is 5.32 Å². The second-order valence-corrected chi connectivity index (χ2v) is 3.82. The van der Waals surface area contributed by atoms with E-state index in [-0.39, 0.29) is 5.91 Å². The lowest BCUT2D eigenvalue weighted by Crippen LogP contribution is -2.24. The molecule has 0 aromatic heterocycles. The summed E-state index contributed by atoms with van der Waals surface area (Å²) in [5, 5.41) is 6.20. The number of azide groups is 1. The summed E-state index contributed by atoms with van der Waals surface area (Å²) < 4.78 is 0. The van der Waals surface area contributed by atoms with E-state index in [1.54, 1.807) is 0 Å². The van der Waals surface area contributed by atoms with Gasteiger partial charge in [-0.2, -0.15) is 0 Å². The Kier molecular flexibility index (Phi) is 10.9. The third-order valence-electron chi connectivity index (χ3n) is 2.33. The fourth-order valence-corrected chi connectivity index (χ4v) is 1.40. The largest absolute Gasteiger partial charge is 0.356 e. The van der Waals surface area contributed by atoms with Crippen LogP contribution in [-0.2, 0) is 4.79 Å². The molecule has 0 aromatic carbocycles. The van der Waals surface area contributed by atoms with E-state index in [9.17, 15) is 4.79 Å². The van der Waals surface area contributed by atoms with Crippen LogP contribution in [0.25, 0.3) is 10.4 Å². The summed E-state index contributed by atoms with van der Waals surface area (Å²) >= 11 is 0. The number of hydrogen-bond donors (Lipinski definition) is 1. The second-order valence-electron chi connectivity index (χ2n) is 3.82. The monoisotopic (exact) mass is 226 g/mol. The number of rotatable bonds is 10. The average Bonchev–Trinajstić information content (AvgIpc) is 2.28. The van der Waals surface area contributed by atoms with Crippen molar-refractivity contribution in [2.45, 2.75) is 51.9 Å².